The van der Waals surface area contributed by atoms with Crippen LogP contribution < -0.4 is 0 Å². The Hall–Kier alpha value is -7.30. The highest BCUT2D eigenvalue weighted by atomic mass is 15.0. The van der Waals surface area contributed by atoms with Crippen molar-refractivity contribution in [2.45, 2.75) is 0 Å². The summed E-state index contributed by atoms with van der Waals surface area (Å²) in [6.07, 6.45) is 0. The van der Waals surface area contributed by atoms with Gasteiger partial charge in [-0.2, -0.15) is 0 Å². The molecule has 0 aliphatic heterocycles. The topological polar surface area (TPSA) is 35.6 Å². The van der Waals surface area contributed by atoms with Crippen molar-refractivity contribution in [2.75, 3.05) is 0 Å². The molecule has 8 aromatic carbocycles. The van der Waals surface area contributed by atoms with Crippen LogP contribution in [0.4, 0.5) is 0 Å². The van der Waals surface area contributed by atoms with E-state index in [0.29, 0.717) is 5.82 Å². The Kier molecular flexibility index (Phi) is 6.82. The van der Waals surface area contributed by atoms with Crippen molar-refractivity contribution in [1.29, 1.82) is 0 Å². The summed E-state index contributed by atoms with van der Waals surface area (Å²) in [4.78, 5) is 10.1. The molecule has 0 fully saturated rings. The molecule has 3 aromatic heterocycles. The second kappa shape index (κ2) is 12.1. The van der Waals surface area contributed by atoms with Gasteiger partial charge in [-0.1, -0.05) is 146 Å². The third-order valence-electron chi connectivity index (χ3n) is 10.7. The monoisotopic (exact) mass is 688 g/mol. The Morgan fingerprint density at radius 2 is 0.963 bits per heavy atom. The molecule has 11 aromatic rings. The maximum atomic E-state index is 5.12. The van der Waals surface area contributed by atoms with Gasteiger partial charge in [0.1, 0.15) is 0 Å². The fraction of sp³-hybridized carbons (Fsp3) is 0. The molecule has 4 nitrogen and oxygen atoms in total. The smallest absolute Gasteiger partial charge is 0.160 e. The summed E-state index contributed by atoms with van der Waals surface area (Å²) in [5.41, 5.74) is 12.0. The molecular weight excluding hydrogens is 657 g/mol. The molecule has 4 heteroatoms. The van der Waals surface area contributed by atoms with Gasteiger partial charge in [-0.15, -0.1) is 0 Å². The summed E-state index contributed by atoms with van der Waals surface area (Å²) >= 11 is 0. The van der Waals surface area contributed by atoms with E-state index in [0.717, 1.165) is 44.8 Å². The molecule has 0 bridgehead atoms. The highest BCUT2D eigenvalue weighted by molar-refractivity contribution is 6.26. The van der Waals surface area contributed by atoms with Crippen molar-refractivity contribution < 1.29 is 0 Å². The first-order valence-electron chi connectivity index (χ1n) is 18.3. The van der Waals surface area contributed by atoms with Gasteiger partial charge in [0.25, 0.3) is 0 Å². The van der Waals surface area contributed by atoms with E-state index < -0.39 is 0 Å². The number of para-hydroxylation sites is 3. The van der Waals surface area contributed by atoms with E-state index >= 15 is 0 Å². The quantitative estimate of drug-likeness (QED) is 0.180. The third-order valence-corrected chi connectivity index (χ3v) is 10.7. The van der Waals surface area contributed by atoms with Crippen molar-refractivity contribution >= 4 is 54.4 Å². The van der Waals surface area contributed by atoms with Crippen LogP contribution in [-0.4, -0.2) is 19.1 Å². The minimum absolute atomic E-state index is 0.713. The molecule has 54 heavy (non-hydrogen) atoms. The highest BCUT2D eigenvalue weighted by Crippen LogP contribution is 2.43. The zero-order valence-electron chi connectivity index (χ0n) is 29.3. The van der Waals surface area contributed by atoms with E-state index in [-0.39, 0.29) is 0 Å². The van der Waals surface area contributed by atoms with Gasteiger partial charge in [0.2, 0.25) is 0 Å². The van der Waals surface area contributed by atoms with Crippen LogP contribution in [0.5, 0.6) is 0 Å². The first-order valence-corrected chi connectivity index (χ1v) is 18.3. The van der Waals surface area contributed by atoms with Crippen LogP contribution in [0.3, 0.4) is 0 Å². The largest absolute Gasteiger partial charge is 0.309 e. The van der Waals surface area contributed by atoms with E-state index in [4.69, 9.17) is 9.97 Å². The van der Waals surface area contributed by atoms with E-state index in [1.807, 2.05) is 24.3 Å². The predicted molar refractivity (Wildman–Crippen MR) is 225 cm³/mol. The molecule has 0 saturated heterocycles. The van der Waals surface area contributed by atoms with Crippen LogP contribution in [0.15, 0.2) is 194 Å². The Morgan fingerprint density at radius 1 is 0.352 bits per heavy atom. The first kappa shape index (κ1) is 30.3. The van der Waals surface area contributed by atoms with E-state index in [2.05, 4.69) is 179 Å². The number of aromatic nitrogens is 4. The molecule has 0 amide bonds. The molecular formula is C50H32N4. The molecule has 0 unspecified atom stereocenters. The molecule has 0 aliphatic carbocycles. The number of benzene rings is 8. The van der Waals surface area contributed by atoms with Crippen molar-refractivity contribution in [3.8, 4) is 45.3 Å². The van der Waals surface area contributed by atoms with Crippen LogP contribution in [0.2, 0.25) is 0 Å². The maximum absolute atomic E-state index is 5.12. The Balaban J connectivity index is 1.14. The second-order valence-electron chi connectivity index (χ2n) is 13.8. The average molecular weight is 689 g/mol. The number of hydrogen-bond donors (Lipinski definition) is 0. The van der Waals surface area contributed by atoms with Gasteiger partial charge in [-0.3, -0.25) is 0 Å². The molecule has 0 saturated carbocycles. The normalized spacial score (nSPS) is 11.7. The standard InChI is InChI=1S/C50H32N4/c1-4-15-33(16-5-1)42-32-43(52-50(51-42)34-17-6-2-7-18-34)36-27-28-38-35(31-36)19-14-26-44(38)54-46-25-13-11-23-41(46)48-47(54)30-29-40-39-22-10-12-24-45(39)53(49(40)48)37-20-8-3-9-21-37/h1-32H. The average Bonchev–Trinajstić information content (AvgIpc) is 3.77. The molecule has 3 heterocycles. The zero-order valence-corrected chi connectivity index (χ0v) is 29.3. The first-order chi connectivity index (χ1) is 26.8. The van der Waals surface area contributed by atoms with E-state index in [9.17, 15) is 0 Å². The SMILES string of the molecule is c1ccc(-c2cc(-c3ccc4c(-n5c6ccccc6c6c5ccc5c7ccccc7n(-c7ccccc7)c56)cccc4c3)nc(-c3ccccc3)n2)cc1. The van der Waals surface area contributed by atoms with Gasteiger partial charge in [-0.25, -0.2) is 9.97 Å². The summed E-state index contributed by atoms with van der Waals surface area (Å²) in [6.45, 7) is 0. The van der Waals surface area contributed by atoms with Gasteiger partial charge in [0, 0.05) is 49.3 Å². The van der Waals surface area contributed by atoms with Crippen molar-refractivity contribution in [2.24, 2.45) is 0 Å². The van der Waals surface area contributed by atoms with Crippen molar-refractivity contribution in [1.82, 2.24) is 19.1 Å². The van der Waals surface area contributed by atoms with Crippen LogP contribution in [0.25, 0.3) is 99.7 Å². The van der Waals surface area contributed by atoms with Gasteiger partial charge >= 0.3 is 0 Å². The summed E-state index contributed by atoms with van der Waals surface area (Å²) < 4.78 is 4.89. The van der Waals surface area contributed by atoms with Crippen LogP contribution >= 0.6 is 0 Å². The maximum Gasteiger partial charge on any atom is 0.160 e. The summed E-state index contributed by atoms with van der Waals surface area (Å²) in [5, 5.41) is 7.31. The predicted octanol–water partition coefficient (Wildman–Crippen LogP) is 12.8. The van der Waals surface area contributed by atoms with Crippen LogP contribution in [0.1, 0.15) is 0 Å². The number of nitrogens with zero attached hydrogens (tertiary/aromatic N) is 4. The molecule has 11 rings (SSSR count). The highest BCUT2D eigenvalue weighted by Gasteiger charge is 2.21. The lowest BCUT2D eigenvalue weighted by molar-refractivity contribution is 1.18. The van der Waals surface area contributed by atoms with E-state index in [1.54, 1.807) is 0 Å². The summed E-state index contributed by atoms with van der Waals surface area (Å²) in [7, 11) is 0. The summed E-state index contributed by atoms with van der Waals surface area (Å²) in [5.74, 6) is 0.713. The summed E-state index contributed by atoms with van der Waals surface area (Å²) in [6, 6.07) is 69.0. The molecule has 0 spiro atoms. The van der Waals surface area contributed by atoms with Crippen molar-refractivity contribution in [3.05, 3.63) is 194 Å². The molecule has 0 radical (unpaired) electrons. The lowest BCUT2D eigenvalue weighted by atomic mass is 10.0. The molecule has 0 aliphatic rings. The third kappa shape index (κ3) is 4.70. The van der Waals surface area contributed by atoms with E-state index in [1.165, 1.54) is 49.0 Å². The zero-order chi connectivity index (χ0) is 35.6. The number of rotatable bonds is 5. The van der Waals surface area contributed by atoms with Crippen LogP contribution in [0, 0.1) is 0 Å². The Bertz CT molecular complexity index is 3140. The molecule has 0 atom stereocenters. The number of fused-ring (bicyclic) bond motifs is 8. The number of hydrogen-bond acceptors (Lipinski definition) is 2. The van der Waals surface area contributed by atoms with Gasteiger partial charge in [0.15, 0.2) is 5.82 Å². The second-order valence-corrected chi connectivity index (χ2v) is 13.8. The Morgan fingerprint density at radius 3 is 1.72 bits per heavy atom. The molecule has 0 N–H and O–H groups in total. The van der Waals surface area contributed by atoms with Gasteiger partial charge in [-0.05, 0) is 53.9 Å². The lowest BCUT2D eigenvalue weighted by Gasteiger charge is -2.14. The van der Waals surface area contributed by atoms with Gasteiger partial charge < -0.3 is 9.13 Å². The van der Waals surface area contributed by atoms with Gasteiger partial charge in [0.05, 0.1) is 39.1 Å². The fourth-order valence-corrected chi connectivity index (χ4v) is 8.30. The molecule has 252 valence electrons. The Labute approximate surface area is 311 Å². The fourth-order valence-electron chi connectivity index (χ4n) is 8.30. The van der Waals surface area contributed by atoms with Crippen molar-refractivity contribution in [3.63, 3.8) is 0 Å². The minimum atomic E-state index is 0.713. The minimum Gasteiger partial charge on any atom is -0.309 e. The lowest BCUT2D eigenvalue weighted by Crippen LogP contribution is -1.97. The van der Waals surface area contributed by atoms with Crippen LogP contribution in [-0.2, 0) is 0 Å².